The summed E-state index contributed by atoms with van der Waals surface area (Å²) in [4.78, 5) is 38.7. The third-order valence-electron chi connectivity index (χ3n) is 6.78. The van der Waals surface area contributed by atoms with Crippen molar-refractivity contribution in [2.75, 3.05) is 36.9 Å². The van der Waals surface area contributed by atoms with Crippen LogP contribution in [0.5, 0.6) is 0 Å². The highest BCUT2D eigenvalue weighted by atomic mass is 16.5. The minimum atomic E-state index is -0.309. The second kappa shape index (κ2) is 9.57. The lowest BCUT2D eigenvalue weighted by Gasteiger charge is -2.37. The van der Waals surface area contributed by atoms with Crippen molar-refractivity contribution in [1.29, 1.82) is 0 Å². The third kappa shape index (κ3) is 5.23. The average molecular weight is 494 g/mol. The van der Waals surface area contributed by atoms with E-state index < -0.39 is 0 Å². The summed E-state index contributed by atoms with van der Waals surface area (Å²) in [6.07, 6.45) is 3.37. The standard InChI is InChI=1S/C26H35N7O3/c1-26(2,3)31-25(35)32-12-11-20-21(15-32)29-22(16-5-7-17(8-6-16)28-24(34)27-4)30-23(20)33-13-18-9-10-19(14-33)36-18/h5-8,18-19H,9-15H2,1-4H3,(H,31,35)(H2,27,28,34). The number of amides is 4. The van der Waals surface area contributed by atoms with Crippen molar-refractivity contribution in [3.05, 3.63) is 35.5 Å². The van der Waals surface area contributed by atoms with E-state index in [1.165, 1.54) is 0 Å². The van der Waals surface area contributed by atoms with Gasteiger partial charge in [-0.2, -0.15) is 0 Å². The predicted octanol–water partition coefficient (Wildman–Crippen LogP) is 3.13. The summed E-state index contributed by atoms with van der Waals surface area (Å²) in [5.74, 6) is 1.57. The number of aromatic nitrogens is 2. The van der Waals surface area contributed by atoms with Crippen LogP contribution >= 0.6 is 0 Å². The fourth-order valence-corrected chi connectivity index (χ4v) is 5.06. The molecule has 2 aromatic rings. The number of morpholine rings is 1. The second-order valence-corrected chi connectivity index (χ2v) is 10.8. The van der Waals surface area contributed by atoms with E-state index in [0.29, 0.717) is 31.0 Å². The van der Waals surface area contributed by atoms with Gasteiger partial charge in [-0.15, -0.1) is 0 Å². The summed E-state index contributed by atoms with van der Waals surface area (Å²) in [6.45, 7) is 8.66. The molecule has 36 heavy (non-hydrogen) atoms. The Labute approximate surface area is 211 Å². The Bertz CT molecular complexity index is 1130. The first-order valence-corrected chi connectivity index (χ1v) is 12.6. The number of nitrogens with one attached hydrogen (secondary N) is 3. The highest BCUT2D eigenvalue weighted by Crippen LogP contribution is 2.34. The first kappa shape index (κ1) is 24.3. The highest BCUT2D eigenvalue weighted by molar-refractivity contribution is 5.89. The molecule has 0 saturated carbocycles. The number of nitrogens with zero attached hydrogens (tertiary/aromatic N) is 4. The zero-order chi connectivity index (χ0) is 25.4. The first-order chi connectivity index (χ1) is 17.2. The van der Waals surface area contributed by atoms with Crippen molar-refractivity contribution in [2.45, 2.75) is 64.3 Å². The molecule has 2 atom stereocenters. The summed E-state index contributed by atoms with van der Waals surface area (Å²) >= 11 is 0. The average Bonchev–Trinajstić information content (AvgIpc) is 3.19. The number of urea groups is 2. The van der Waals surface area contributed by atoms with Crippen LogP contribution in [0.3, 0.4) is 0 Å². The fraction of sp³-hybridized carbons (Fsp3) is 0.538. The molecule has 4 heterocycles. The Kier molecular flexibility index (Phi) is 6.46. The number of anilines is 2. The summed E-state index contributed by atoms with van der Waals surface area (Å²) in [5, 5.41) is 8.39. The molecule has 4 amide bonds. The van der Waals surface area contributed by atoms with E-state index >= 15 is 0 Å². The van der Waals surface area contributed by atoms with Crippen LogP contribution < -0.4 is 20.9 Å². The van der Waals surface area contributed by atoms with Gasteiger partial charge in [0.05, 0.1) is 24.4 Å². The number of rotatable bonds is 3. The van der Waals surface area contributed by atoms with Gasteiger partial charge in [0, 0.05) is 49.0 Å². The summed E-state index contributed by atoms with van der Waals surface area (Å²) in [7, 11) is 1.58. The van der Waals surface area contributed by atoms with Crippen LogP contribution in [-0.2, 0) is 17.7 Å². The molecular formula is C26H35N7O3. The van der Waals surface area contributed by atoms with E-state index in [2.05, 4.69) is 20.9 Å². The molecule has 192 valence electrons. The van der Waals surface area contributed by atoms with Crippen molar-refractivity contribution < 1.29 is 14.3 Å². The predicted molar refractivity (Wildman–Crippen MR) is 138 cm³/mol. The maximum atomic E-state index is 12.9. The molecule has 5 rings (SSSR count). The lowest BCUT2D eigenvalue weighted by Crippen LogP contribution is -2.50. The number of fused-ring (bicyclic) bond motifs is 3. The van der Waals surface area contributed by atoms with Gasteiger partial charge >= 0.3 is 12.1 Å². The largest absolute Gasteiger partial charge is 0.371 e. The zero-order valence-corrected chi connectivity index (χ0v) is 21.4. The van der Waals surface area contributed by atoms with Crippen molar-refractivity contribution in [1.82, 2.24) is 25.5 Å². The van der Waals surface area contributed by atoms with Crippen LogP contribution in [0.4, 0.5) is 21.1 Å². The van der Waals surface area contributed by atoms with Gasteiger partial charge < -0.3 is 30.5 Å². The minimum Gasteiger partial charge on any atom is -0.371 e. The lowest BCUT2D eigenvalue weighted by molar-refractivity contribution is 0.0301. The summed E-state index contributed by atoms with van der Waals surface area (Å²) in [6, 6.07) is 7.14. The number of carbonyl (C=O) groups excluding carboxylic acids is 2. The number of ether oxygens (including phenoxy) is 1. The van der Waals surface area contributed by atoms with Gasteiger partial charge in [0.1, 0.15) is 5.82 Å². The van der Waals surface area contributed by atoms with Crippen molar-refractivity contribution in [3.63, 3.8) is 0 Å². The smallest absolute Gasteiger partial charge is 0.318 e. The molecule has 1 aromatic carbocycles. The second-order valence-electron chi connectivity index (χ2n) is 10.8. The van der Waals surface area contributed by atoms with Crippen LogP contribution in [0.2, 0.25) is 0 Å². The number of hydrogen-bond acceptors (Lipinski definition) is 6. The molecule has 0 radical (unpaired) electrons. The van der Waals surface area contributed by atoms with E-state index in [9.17, 15) is 9.59 Å². The van der Waals surface area contributed by atoms with Gasteiger partial charge in [-0.05, 0) is 64.3 Å². The normalized spacial score (nSPS) is 21.1. The molecule has 2 saturated heterocycles. The first-order valence-electron chi connectivity index (χ1n) is 12.6. The Hall–Kier alpha value is -3.40. The van der Waals surface area contributed by atoms with Crippen molar-refractivity contribution in [2.24, 2.45) is 0 Å². The van der Waals surface area contributed by atoms with Crippen LogP contribution in [0, 0.1) is 0 Å². The maximum Gasteiger partial charge on any atom is 0.318 e. The van der Waals surface area contributed by atoms with Gasteiger partial charge in [0.25, 0.3) is 0 Å². The zero-order valence-electron chi connectivity index (χ0n) is 21.4. The van der Waals surface area contributed by atoms with Gasteiger partial charge in [-0.25, -0.2) is 19.6 Å². The molecule has 3 aliphatic rings. The molecule has 0 spiro atoms. The van der Waals surface area contributed by atoms with Crippen molar-refractivity contribution >= 4 is 23.6 Å². The van der Waals surface area contributed by atoms with Crippen LogP contribution in [0.25, 0.3) is 11.4 Å². The molecule has 0 aliphatic carbocycles. The van der Waals surface area contributed by atoms with Crippen LogP contribution in [-0.4, -0.2) is 71.4 Å². The van der Waals surface area contributed by atoms with Gasteiger partial charge in [0.15, 0.2) is 5.82 Å². The Morgan fingerprint density at radius 1 is 1.06 bits per heavy atom. The van der Waals surface area contributed by atoms with Gasteiger partial charge in [-0.3, -0.25) is 0 Å². The maximum absolute atomic E-state index is 12.9. The van der Waals surface area contributed by atoms with E-state index in [1.807, 2.05) is 49.9 Å². The lowest BCUT2D eigenvalue weighted by atomic mass is 10.0. The van der Waals surface area contributed by atoms with E-state index in [4.69, 9.17) is 14.7 Å². The van der Waals surface area contributed by atoms with E-state index in [-0.39, 0.29) is 29.8 Å². The fourth-order valence-electron chi connectivity index (χ4n) is 5.06. The molecule has 3 N–H and O–H groups in total. The molecule has 10 nitrogen and oxygen atoms in total. The van der Waals surface area contributed by atoms with Gasteiger partial charge in [-0.1, -0.05) is 0 Å². The molecule has 3 aliphatic heterocycles. The number of benzene rings is 1. The van der Waals surface area contributed by atoms with E-state index in [1.54, 1.807) is 7.05 Å². The molecule has 10 heteroatoms. The Morgan fingerprint density at radius 2 is 1.75 bits per heavy atom. The molecule has 1 aromatic heterocycles. The van der Waals surface area contributed by atoms with E-state index in [0.717, 1.165) is 48.6 Å². The Balaban J connectivity index is 1.48. The van der Waals surface area contributed by atoms with Crippen LogP contribution in [0.15, 0.2) is 24.3 Å². The quantitative estimate of drug-likeness (QED) is 0.606. The topological polar surface area (TPSA) is 112 Å². The SMILES string of the molecule is CNC(=O)Nc1ccc(-c2nc3c(c(N4CC5CCC(C4)O5)n2)CCN(C(=O)NC(C)(C)C)C3)cc1. The number of carbonyl (C=O) groups is 2. The van der Waals surface area contributed by atoms with Gasteiger partial charge in [0.2, 0.25) is 0 Å². The molecular weight excluding hydrogens is 458 g/mol. The minimum absolute atomic E-state index is 0.0797. The highest BCUT2D eigenvalue weighted by Gasteiger charge is 2.37. The molecule has 2 unspecified atom stereocenters. The summed E-state index contributed by atoms with van der Waals surface area (Å²) < 4.78 is 6.07. The van der Waals surface area contributed by atoms with Crippen LogP contribution in [0.1, 0.15) is 44.9 Å². The molecule has 2 fully saturated rings. The monoisotopic (exact) mass is 493 g/mol. The molecule has 2 bridgehead atoms. The Morgan fingerprint density at radius 3 is 2.39 bits per heavy atom. The third-order valence-corrected chi connectivity index (χ3v) is 6.78. The summed E-state index contributed by atoms with van der Waals surface area (Å²) in [5.41, 5.74) is 3.24. The number of hydrogen-bond donors (Lipinski definition) is 3. The van der Waals surface area contributed by atoms with Crippen molar-refractivity contribution in [3.8, 4) is 11.4 Å².